The van der Waals surface area contributed by atoms with Crippen LogP contribution in [0.25, 0.3) is 10.9 Å². The largest absolute Gasteiger partial charge is 0.496 e. The van der Waals surface area contributed by atoms with Crippen molar-refractivity contribution < 1.29 is 14.3 Å². The van der Waals surface area contributed by atoms with Crippen molar-refractivity contribution in [2.75, 3.05) is 13.7 Å². The van der Waals surface area contributed by atoms with E-state index in [0.29, 0.717) is 12.3 Å². The van der Waals surface area contributed by atoms with Gasteiger partial charge in [-0.05, 0) is 25.1 Å². The summed E-state index contributed by atoms with van der Waals surface area (Å²) in [6, 6.07) is 7.51. The normalized spacial score (nSPS) is 10.5. The number of hydrogen-bond donors (Lipinski definition) is 0. The Morgan fingerprint density at radius 3 is 2.82 bits per heavy atom. The average molecular weight is 233 g/mol. The predicted molar refractivity (Wildman–Crippen MR) is 65.4 cm³/mol. The molecule has 1 aromatic heterocycles. The van der Waals surface area contributed by atoms with Crippen LogP contribution in [0.5, 0.6) is 5.75 Å². The van der Waals surface area contributed by atoms with Gasteiger partial charge in [0.1, 0.15) is 11.4 Å². The number of aryl methyl sites for hydroxylation is 1. The molecule has 0 atom stereocenters. The quantitative estimate of drug-likeness (QED) is 0.764. The van der Waals surface area contributed by atoms with E-state index in [9.17, 15) is 4.79 Å². The molecule has 1 heterocycles. The Kier molecular flexibility index (Phi) is 3.04. The lowest BCUT2D eigenvalue weighted by atomic mass is 10.2. The van der Waals surface area contributed by atoms with Crippen LogP contribution in [-0.2, 0) is 11.8 Å². The lowest BCUT2D eigenvalue weighted by Gasteiger charge is -2.03. The van der Waals surface area contributed by atoms with Crippen molar-refractivity contribution in [3.8, 4) is 5.75 Å². The van der Waals surface area contributed by atoms with Crippen LogP contribution in [0.1, 0.15) is 17.4 Å². The molecule has 0 fully saturated rings. The van der Waals surface area contributed by atoms with Crippen molar-refractivity contribution in [2.24, 2.45) is 7.05 Å². The molecule has 4 heteroatoms. The molecular weight excluding hydrogens is 218 g/mol. The summed E-state index contributed by atoms with van der Waals surface area (Å²) in [5, 5.41) is 0.917. The molecule has 17 heavy (non-hydrogen) atoms. The standard InChI is InChI=1S/C13H15NO3/c1-4-17-13(15)11-8-9-10(14(11)2)6-5-7-12(9)16-3/h5-8H,4H2,1-3H3. The molecule has 0 aliphatic heterocycles. The number of carbonyl (C=O) groups is 1. The van der Waals surface area contributed by atoms with Gasteiger partial charge in [0.05, 0.1) is 19.2 Å². The smallest absolute Gasteiger partial charge is 0.354 e. The number of benzene rings is 1. The van der Waals surface area contributed by atoms with Gasteiger partial charge in [0.25, 0.3) is 0 Å². The van der Waals surface area contributed by atoms with Gasteiger partial charge in [-0.25, -0.2) is 4.79 Å². The fourth-order valence-corrected chi connectivity index (χ4v) is 1.91. The maximum atomic E-state index is 11.8. The third-order valence-corrected chi connectivity index (χ3v) is 2.75. The molecule has 2 rings (SSSR count). The molecule has 0 saturated carbocycles. The van der Waals surface area contributed by atoms with Gasteiger partial charge >= 0.3 is 5.97 Å². The molecule has 0 aliphatic carbocycles. The molecule has 0 bridgehead atoms. The van der Waals surface area contributed by atoms with Crippen molar-refractivity contribution in [2.45, 2.75) is 6.92 Å². The highest BCUT2D eigenvalue weighted by Gasteiger charge is 2.15. The predicted octanol–water partition coefficient (Wildman–Crippen LogP) is 2.36. The first-order valence-corrected chi connectivity index (χ1v) is 5.48. The highest BCUT2D eigenvalue weighted by atomic mass is 16.5. The highest BCUT2D eigenvalue weighted by molar-refractivity contribution is 5.97. The number of hydrogen-bond acceptors (Lipinski definition) is 3. The van der Waals surface area contributed by atoms with Crippen molar-refractivity contribution in [3.05, 3.63) is 30.0 Å². The highest BCUT2D eigenvalue weighted by Crippen LogP contribution is 2.28. The Labute approximate surface area is 99.7 Å². The number of carbonyl (C=O) groups excluding carboxylic acids is 1. The van der Waals surface area contributed by atoms with E-state index in [-0.39, 0.29) is 5.97 Å². The van der Waals surface area contributed by atoms with Crippen LogP contribution >= 0.6 is 0 Å². The topological polar surface area (TPSA) is 40.5 Å². The first-order valence-electron chi connectivity index (χ1n) is 5.48. The molecule has 0 spiro atoms. The van der Waals surface area contributed by atoms with Crippen LogP contribution in [0, 0.1) is 0 Å². The zero-order chi connectivity index (χ0) is 12.4. The zero-order valence-corrected chi connectivity index (χ0v) is 10.2. The molecule has 90 valence electrons. The second-order valence-electron chi connectivity index (χ2n) is 3.70. The van der Waals surface area contributed by atoms with Gasteiger partial charge < -0.3 is 14.0 Å². The van der Waals surface area contributed by atoms with Crippen molar-refractivity contribution in [1.29, 1.82) is 0 Å². The van der Waals surface area contributed by atoms with Crippen molar-refractivity contribution in [1.82, 2.24) is 4.57 Å². The van der Waals surface area contributed by atoms with E-state index < -0.39 is 0 Å². The van der Waals surface area contributed by atoms with E-state index in [0.717, 1.165) is 16.7 Å². The van der Waals surface area contributed by atoms with Gasteiger partial charge in [-0.2, -0.15) is 0 Å². The van der Waals surface area contributed by atoms with E-state index in [4.69, 9.17) is 9.47 Å². The van der Waals surface area contributed by atoms with Crippen LogP contribution in [0.15, 0.2) is 24.3 Å². The number of fused-ring (bicyclic) bond motifs is 1. The van der Waals surface area contributed by atoms with Gasteiger partial charge in [0, 0.05) is 12.4 Å². The number of aromatic nitrogens is 1. The lowest BCUT2D eigenvalue weighted by molar-refractivity contribution is 0.0516. The van der Waals surface area contributed by atoms with Crippen molar-refractivity contribution in [3.63, 3.8) is 0 Å². The average Bonchev–Trinajstić information content (AvgIpc) is 2.67. The van der Waals surface area contributed by atoms with E-state index in [1.54, 1.807) is 20.1 Å². The maximum absolute atomic E-state index is 11.8. The number of rotatable bonds is 3. The number of methoxy groups -OCH3 is 1. The fraction of sp³-hybridized carbons (Fsp3) is 0.308. The van der Waals surface area contributed by atoms with Gasteiger partial charge in [0.2, 0.25) is 0 Å². The zero-order valence-electron chi connectivity index (χ0n) is 10.2. The summed E-state index contributed by atoms with van der Waals surface area (Å²) >= 11 is 0. The first-order chi connectivity index (χ1) is 8.19. The molecule has 0 radical (unpaired) electrons. The fourth-order valence-electron chi connectivity index (χ4n) is 1.91. The van der Waals surface area contributed by atoms with Crippen LogP contribution in [0.4, 0.5) is 0 Å². The molecule has 4 nitrogen and oxygen atoms in total. The summed E-state index contributed by atoms with van der Waals surface area (Å²) < 4.78 is 12.1. The summed E-state index contributed by atoms with van der Waals surface area (Å²) in [6.45, 7) is 2.17. The SMILES string of the molecule is CCOC(=O)c1cc2c(OC)cccc2n1C. The summed E-state index contributed by atoms with van der Waals surface area (Å²) in [5.74, 6) is 0.446. The molecule has 0 amide bonds. The minimum absolute atomic E-state index is 0.312. The minimum atomic E-state index is -0.312. The Morgan fingerprint density at radius 1 is 1.41 bits per heavy atom. The molecule has 2 aromatic rings. The van der Waals surface area contributed by atoms with E-state index >= 15 is 0 Å². The molecule has 0 saturated heterocycles. The maximum Gasteiger partial charge on any atom is 0.354 e. The Bertz CT molecular complexity index is 557. The summed E-state index contributed by atoms with van der Waals surface area (Å²) in [4.78, 5) is 11.8. The Hall–Kier alpha value is -1.97. The van der Waals surface area contributed by atoms with E-state index in [2.05, 4.69) is 0 Å². The van der Waals surface area contributed by atoms with E-state index in [1.165, 1.54) is 0 Å². The molecule has 0 aliphatic rings. The molecule has 0 N–H and O–H groups in total. The second-order valence-corrected chi connectivity index (χ2v) is 3.70. The summed E-state index contributed by atoms with van der Waals surface area (Å²) in [7, 11) is 3.46. The van der Waals surface area contributed by atoms with Crippen molar-refractivity contribution >= 4 is 16.9 Å². The van der Waals surface area contributed by atoms with Crippen LogP contribution in [0.3, 0.4) is 0 Å². The molecule has 1 aromatic carbocycles. The molecular formula is C13H15NO3. The lowest BCUT2D eigenvalue weighted by Crippen LogP contribution is -2.09. The van der Waals surface area contributed by atoms with Crippen LogP contribution < -0.4 is 4.74 Å². The third-order valence-electron chi connectivity index (χ3n) is 2.75. The Balaban J connectivity index is 2.60. The summed E-state index contributed by atoms with van der Waals surface area (Å²) in [6.07, 6.45) is 0. The van der Waals surface area contributed by atoms with Crippen LogP contribution in [-0.4, -0.2) is 24.3 Å². The third kappa shape index (κ3) is 1.86. The number of nitrogens with zero attached hydrogens (tertiary/aromatic N) is 1. The van der Waals surface area contributed by atoms with Gasteiger partial charge in [0.15, 0.2) is 0 Å². The van der Waals surface area contributed by atoms with Crippen LogP contribution in [0.2, 0.25) is 0 Å². The Morgan fingerprint density at radius 2 is 2.18 bits per heavy atom. The summed E-state index contributed by atoms with van der Waals surface area (Å²) in [5.41, 5.74) is 1.48. The van der Waals surface area contributed by atoms with Gasteiger partial charge in [-0.1, -0.05) is 6.07 Å². The van der Waals surface area contributed by atoms with E-state index in [1.807, 2.05) is 29.8 Å². The number of esters is 1. The van der Waals surface area contributed by atoms with Gasteiger partial charge in [-0.15, -0.1) is 0 Å². The van der Waals surface area contributed by atoms with Gasteiger partial charge in [-0.3, -0.25) is 0 Å². The first kappa shape index (κ1) is 11.5. The molecule has 0 unspecified atom stereocenters. The number of ether oxygens (including phenoxy) is 2. The second kappa shape index (κ2) is 4.49. The minimum Gasteiger partial charge on any atom is -0.496 e. The monoisotopic (exact) mass is 233 g/mol.